The van der Waals surface area contributed by atoms with Crippen LogP contribution in [0.4, 0.5) is 5.69 Å². The number of rotatable bonds is 3. The summed E-state index contributed by atoms with van der Waals surface area (Å²) in [4.78, 5) is 30.9. The van der Waals surface area contributed by atoms with Gasteiger partial charge in [0.2, 0.25) is 11.8 Å². The summed E-state index contributed by atoms with van der Waals surface area (Å²) in [7, 11) is 0. The lowest BCUT2D eigenvalue weighted by Crippen LogP contribution is -2.52. The van der Waals surface area contributed by atoms with E-state index in [1.54, 1.807) is 4.90 Å². The Bertz CT molecular complexity index is 675. The first-order chi connectivity index (χ1) is 11.6. The molecule has 1 aromatic carbocycles. The van der Waals surface area contributed by atoms with E-state index in [1.165, 1.54) is 16.8 Å². The van der Waals surface area contributed by atoms with Gasteiger partial charge in [0, 0.05) is 37.9 Å². The van der Waals surface area contributed by atoms with Crippen LogP contribution in [0.1, 0.15) is 30.4 Å². The molecular formula is C19H25N3O2. The molecule has 2 aliphatic heterocycles. The van der Waals surface area contributed by atoms with Crippen LogP contribution in [0.3, 0.4) is 0 Å². The summed E-state index contributed by atoms with van der Waals surface area (Å²) in [6.45, 7) is 7.82. The molecule has 1 aliphatic carbocycles. The van der Waals surface area contributed by atoms with E-state index in [0.29, 0.717) is 6.42 Å². The Morgan fingerprint density at radius 1 is 1.00 bits per heavy atom. The van der Waals surface area contributed by atoms with Gasteiger partial charge in [-0.1, -0.05) is 12.1 Å². The van der Waals surface area contributed by atoms with Crippen LogP contribution in [0.25, 0.3) is 0 Å². The molecule has 1 atom stereocenters. The number of piperazine rings is 1. The van der Waals surface area contributed by atoms with Crippen LogP contribution in [0.15, 0.2) is 18.2 Å². The van der Waals surface area contributed by atoms with Crippen LogP contribution >= 0.6 is 0 Å². The van der Waals surface area contributed by atoms with Gasteiger partial charge < -0.3 is 4.90 Å². The Morgan fingerprint density at radius 2 is 1.71 bits per heavy atom. The monoisotopic (exact) mass is 327 g/mol. The summed E-state index contributed by atoms with van der Waals surface area (Å²) >= 11 is 0. The van der Waals surface area contributed by atoms with Crippen molar-refractivity contribution in [3.05, 3.63) is 29.3 Å². The molecule has 2 saturated heterocycles. The average molecular weight is 327 g/mol. The summed E-state index contributed by atoms with van der Waals surface area (Å²) in [6, 6.07) is 6.41. The molecule has 24 heavy (non-hydrogen) atoms. The van der Waals surface area contributed by atoms with E-state index in [1.807, 2.05) is 0 Å². The number of aryl methyl sites for hydroxylation is 1. The molecule has 5 nitrogen and oxygen atoms in total. The minimum Gasteiger partial charge on any atom is -0.369 e. The van der Waals surface area contributed by atoms with Gasteiger partial charge in [-0.05, 0) is 43.9 Å². The van der Waals surface area contributed by atoms with Crippen molar-refractivity contribution in [2.75, 3.05) is 31.1 Å². The Kier molecular flexibility index (Phi) is 3.83. The molecule has 3 aliphatic rings. The zero-order valence-electron chi connectivity index (χ0n) is 14.5. The van der Waals surface area contributed by atoms with Crippen LogP contribution in [0.5, 0.6) is 0 Å². The van der Waals surface area contributed by atoms with Gasteiger partial charge in [0.15, 0.2) is 0 Å². The summed E-state index contributed by atoms with van der Waals surface area (Å²) in [5.41, 5.74) is 3.94. The fourth-order valence-corrected chi connectivity index (χ4v) is 3.99. The summed E-state index contributed by atoms with van der Waals surface area (Å²) in [6.07, 6.45) is 2.36. The molecule has 128 valence electrons. The summed E-state index contributed by atoms with van der Waals surface area (Å²) in [5, 5.41) is 0. The second-order valence-corrected chi connectivity index (χ2v) is 7.30. The third kappa shape index (κ3) is 2.61. The molecule has 0 bridgehead atoms. The molecule has 1 saturated carbocycles. The zero-order chi connectivity index (χ0) is 16.8. The van der Waals surface area contributed by atoms with E-state index in [-0.39, 0.29) is 23.9 Å². The number of hydrogen-bond donors (Lipinski definition) is 0. The summed E-state index contributed by atoms with van der Waals surface area (Å²) < 4.78 is 0. The van der Waals surface area contributed by atoms with E-state index in [4.69, 9.17) is 0 Å². The number of likely N-dealkylation sites (tertiary alicyclic amines) is 1. The molecule has 2 heterocycles. The number of nitrogens with zero attached hydrogens (tertiary/aromatic N) is 3. The van der Waals surface area contributed by atoms with Crippen LogP contribution in [-0.4, -0.2) is 59.9 Å². The predicted molar refractivity (Wildman–Crippen MR) is 93.0 cm³/mol. The molecule has 0 spiro atoms. The van der Waals surface area contributed by atoms with Gasteiger partial charge in [0.1, 0.15) is 0 Å². The summed E-state index contributed by atoms with van der Waals surface area (Å²) in [5.74, 6) is 0.0761. The number of hydrogen-bond acceptors (Lipinski definition) is 4. The van der Waals surface area contributed by atoms with Gasteiger partial charge in [-0.25, -0.2) is 0 Å². The van der Waals surface area contributed by atoms with Crippen molar-refractivity contribution in [3.8, 4) is 0 Å². The number of carbonyl (C=O) groups excluding carboxylic acids is 2. The van der Waals surface area contributed by atoms with Crippen molar-refractivity contribution in [1.29, 1.82) is 0 Å². The average Bonchev–Trinajstić information content (AvgIpc) is 3.36. The third-order valence-corrected chi connectivity index (χ3v) is 5.74. The second kappa shape index (κ2) is 5.88. The molecule has 2 amide bonds. The third-order valence-electron chi connectivity index (χ3n) is 5.74. The normalized spacial score (nSPS) is 25.7. The van der Waals surface area contributed by atoms with Crippen molar-refractivity contribution in [2.45, 2.75) is 45.2 Å². The lowest BCUT2D eigenvalue weighted by atomic mass is 10.1. The smallest absolute Gasteiger partial charge is 0.247 e. The highest BCUT2D eigenvalue weighted by molar-refractivity contribution is 6.06. The molecule has 0 N–H and O–H groups in total. The molecule has 1 aromatic rings. The number of anilines is 1. The number of carbonyl (C=O) groups is 2. The highest BCUT2D eigenvalue weighted by Gasteiger charge is 2.48. The van der Waals surface area contributed by atoms with Crippen molar-refractivity contribution < 1.29 is 9.59 Å². The molecule has 0 aromatic heterocycles. The van der Waals surface area contributed by atoms with Gasteiger partial charge in [0.05, 0.1) is 12.5 Å². The number of amides is 2. The quantitative estimate of drug-likeness (QED) is 0.793. The first kappa shape index (κ1) is 15.6. The largest absolute Gasteiger partial charge is 0.369 e. The highest BCUT2D eigenvalue weighted by atomic mass is 16.2. The van der Waals surface area contributed by atoms with Gasteiger partial charge in [-0.15, -0.1) is 0 Å². The second-order valence-electron chi connectivity index (χ2n) is 7.30. The van der Waals surface area contributed by atoms with E-state index in [0.717, 1.165) is 39.0 Å². The standard InChI is InChI=1S/C19H25N3O2/c1-13-4-3-5-16(14(13)2)20-8-10-21(11-9-20)17-12-18(23)22(19(17)24)15-6-7-15/h3-5,15,17H,6-12H2,1-2H3/t17-/m0/s1. The maximum absolute atomic E-state index is 12.6. The Balaban J connectivity index is 1.42. The lowest BCUT2D eigenvalue weighted by Gasteiger charge is -2.39. The van der Waals surface area contributed by atoms with Gasteiger partial charge in [0.25, 0.3) is 0 Å². The molecular weight excluding hydrogens is 302 g/mol. The fraction of sp³-hybridized carbons (Fsp3) is 0.579. The molecule has 3 fully saturated rings. The number of benzene rings is 1. The van der Waals surface area contributed by atoms with E-state index in [9.17, 15) is 9.59 Å². The minimum absolute atomic E-state index is 0.0319. The van der Waals surface area contributed by atoms with Gasteiger partial charge >= 0.3 is 0 Å². The lowest BCUT2D eigenvalue weighted by molar-refractivity contribution is -0.140. The van der Waals surface area contributed by atoms with Crippen molar-refractivity contribution >= 4 is 17.5 Å². The van der Waals surface area contributed by atoms with Crippen LogP contribution in [-0.2, 0) is 9.59 Å². The van der Waals surface area contributed by atoms with Crippen molar-refractivity contribution in [1.82, 2.24) is 9.80 Å². The molecule has 0 unspecified atom stereocenters. The minimum atomic E-state index is -0.223. The van der Waals surface area contributed by atoms with Crippen molar-refractivity contribution in [3.63, 3.8) is 0 Å². The van der Waals surface area contributed by atoms with E-state index >= 15 is 0 Å². The zero-order valence-corrected chi connectivity index (χ0v) is 14.5. The molecule has 0 radical (unpaired) electrons. The Hall–Kier alpha value is -1.88. The first-order valence-electron chi connectivity index (χ1n) is 8.97. The SMILES string of the molecule is Cc1cccc(N2CCN([C@H]3CC(=O)N(C4CC4)C3=O)CC2)c1C. The van der Waals surface area contributed by atoms with Gasteiger partial charge in [-0.2, -0.15) is 0 Å². The van der Waals surface area contributed by atoms with E-state index in [2.05, 4.69) is 41.8 Å². The number of imide groups is 1. The predicted octanol–water partition coefficient (Wildman–Crippen LogP) is 1.72. The fourth-order valence-electron chi connectivity index (χ4n) is 3.99. The van der Waals surface area contributed by atoms with E-state index < -0.39 is 0 Å². The maximum atomic E-state index is 12.6. The van der Waals surface area contributed by atoms with Crippen LogP contribution in [0, 0.1) is 13.8 Å². The van der Waals surface area contributed by atoms with Gasteiger partial charge in [-0.3, -0.25) is 19.4 Å². The highest BCUT2D eigenvalue weighted by Crippen LogP contribution is 2.33. The Morgan fingerprint density at radius 3 is 2.38 bits per heavy atom. The topological polar surface area (TPSA) is 43.9 Å². The van der Waals surface area contributed by atoms with Crippen LogP contribution < -0.4 is 4.90 Å². The van der Waals surface area contributed by atoms with Crippen LogP contribution in [0.2, 0.25) is 0 Å². The first-order valence-corrected chi connectivity index (χ1v) is 8.97. The maximum Gasteiger partial charge on any atom is 0.247 e. The molecule has 4 rings (SSSR count). The Labute approximate surface area is 143 Å². The molecule has 5 heteroatoms. The van der Waals surface area contributed by atoms with Crippen molar-refractivity contribution in [2.24, 2.45) is 0 Å².